The van der Waals surface area contributed by atoms with Gasteiger partial charge in [0.15, 0.2) is 11.5 Å². The van der Waals surface area contributed by atoms with Gasteiger partial charge in [-0.2, -0.15) is 4.98 Å². The normalized spacial score (nSPS) is 20.4. The van der Waals surface area contributed by atoms with Gasteiger partial charge in [0.05, 0.1) is 26.2 Å². The molecule has 2 aromatic carbocycles. The molecule has 0 saturated carbocycles. The number of hydrogen-bond donors (Lipinski definition) is 1. The third-order valence-electron chi connectivity index (χ3n) is 6.37. The molecule has 2 aliphatic rings. The van der Waals surface area contributed by atoms with Crippen LogP contribution in [0.2, 0.25) is 0 Å². The minimum absolute atomic E-state index is 0.140. The van der Waals surface area contributed by atoms with Crippen molar-refractivity contribution in [3.63, 3.8) is 0 Å². The number of hydrogen-bond acceptors (Lipinski definition) is 7. The molecule has 1 aliphatic heterocycles. The van der Waals surface area contributed by atoms with Gasteiger partial charge in [0.25, 0.3) is 0 Å². The van der Waals surface area contributed by atoms with E-state index in [1.165, 1.54) is 17.8 Å². The average molecular weight is 495 g/mol. The monoisotopic (exact) mass is 494 g/mol. The molecule has 35 heavy (non-hydrogen) atoms. The summed E-state index contributed by atoms with van der Waals surface area (Å²) in [5.41, 5.74) is 2.02. The van der Waals surface area contributed by atoms with Crippen LogP contribution in [-0.4, -0.2) is 34.8 Å². The third kappa shape index (κ3) is 4.40. The molecular weight excluding hydrogens is 467 g/mol. The number of ketones is 1. The van der Waals surface area contributed by atoms with Crippen molar-refractivity contribution in [2.45, 2.75) is 37.2 Å². The quantitative estimate of drug-likeness (QED) is 0.470. The van der Waals surface area contributed by atoms with E-state index >= 15 is 0 Å². The Morgan fingerprint density at radius 1 is 1.17 bits per heavy atom. The Kier molecular flexibility index (Phi) is 6.04. The summed E-state index contributed by atoms with van der Waals surface area (Å²) < 4.78 is 26.8. The van der Waals surface area contributed by atoms with E-state index in [0.29, 0.717) is 40.3 Å². The minimum atomic E-state index is -0.431. The van der Waals surface area contributed by atoms with Crippen LogP contribution in [0, 0.1) is 17.2 Å². The Bertz CT molecular complexity index is 1320. The molecule has 182 valence electrons. The van der Waals surface area contributed by atoms with E-state index in [4.69, 9.17) is 14.6 Å². The highest BCUT2D eigenvalue weighted by molar-refractivity contribution is 7.98. The number of Topliss-reactive ketones (excluding diaryl/α,β-unsaturated/α-hetero) is 1. The van der Waals surface area contributed by atoms with E-state index in [0.717, 1.165) is 11.3 Å². The Morgan fingerprint density at radius 3 is 2.69 bits per heavy atom. The summed E-state index contributed by atoms with van der Waals surface area (Å²) in [7, 11) is 3.17. The summed E-state index contributed by atoms with van der Waals surface area (Å²) in [4.78, 5) is 18.1. The first kappa shape index (κ1) is 23.4. The Hall–Kier alpha value is -3.33. The number of thioether (sulfide) groups is 1. The van der Waals surface area contributed by atoms with Crippen molar-refractivity contribution in [3.05, 3.63) is 71.2 Å². The molecule has 1 aromatic heterocycles. The van der Waals surface area contributed by atoms with Gasteiger partial charge in [-0.15, -0.1) is 5.10 Å². The number of carbonyl (C=O) groups is 1. The van der Waals surface area contributed by atoms with Gasteiger partial charge in [0, 0.05) is 17.9 Å². The number of ether oxygens (including phenoxy) is 2. The molecule has 1 aliphatic carbocycles. The molecule has 0 radical (unpaired) electrons. The number of allylic oxidation sites excluding steroid dienone is 2. The number of anilines is 1. The standard InChI is InChI=1S/C26H27FN4O3S/c1-26(2)12-18-22(19(32)13-26)23(15-9-10-20(33-3)21(11-15)34-4)31-24(28-18)29-25(30-31)35-14-16-7-5-6-8-17(16)27/h5-12,22-23H,13-14H2,1-4H3,(H,28,29,30). The molecule has 0 fully saturated rings. The zero-order valence-electron chi connectivity index (χ0n) is 20.0. The predicted octanol–water partition coefficient (Wildman–Crippen LogP) is 5.24. The van der Waals surface area contributed by atoms with Crippen LogP contribution in [0.4, 0.5) is 10.3 Å². The van der Waals surface area contributed by atoms with Gasteiger partial charge in [-0.05, 0) is 34.7 Å². The molecule has 2 unspecified atom stereocenters. The number of nitrogens with one attached hydrogen (secondary N) is 1. The number of rotatable bonds is 6. The van der Waals surface area contributed by atoms with E-state index < -0.39 is 12.0 Å². The summed E-state index contributed by atoms with van der Waals surface area (Å²) >= 11 is 1.35. The van der Waals surface area contributed by atoms with Crippen LogP contribution in [0.15, 0.2) is 59.4 Å². The fraction of sp³-hybridized carbons (Fsp3) is 0.346. The van der Waals surface area contributed by atoms with Crippen molar-refractivity contribution in [1.29, 1.82) is 0 Å². The molecule has 0 amide bonds. The van der Waals surface area contributed by atoms with E-state index in [-0.39, 0.29) is 17.0 Å². The number of fused-ring (bicyclic) bond motifs is 2. The highest BCUT2D eigenvalue weighted by Gasteiger charge is 2.45. The van der Waals surface area contributed by atoms with Crippen LogP contribution in [-0.2, 0) is 10.5 Å². The van der Waals surface area contributed by atoms with E-state index in [1.54, 1.807) is 31.0 Å². The van der Waals surface area contributed by atoms with Gasteiger partial charge in [0.2, 0.25) is 11.1 Å². The van der Waals surface area contributed by atoms with Crippen molar-refractivity contribution < 1.29 is 18.7 Å². The lowest BCUT2D eigenvalue weighted by Gasteiger charge is -2.40. The van der Waals surface area contributed by atoms with Gasteiger partial charge in [-0.1, -0.05) is 56.0 Å². The zero-order chi connectivity index (χ0) is 24.7. The SMILES string of the molecule is COc1ccc(C2C3C(=O)CC(C)(C)C=C3Nc3nc(SCc4ccccc4F)nn32)cc1OC. The lowest BCUT2D eigenvalue weighted by molar-refractivity contribution is -0.125. The first-order chi connectivity index (χ1) is 16.8. The highest BCUT2D eigenvalue weighted by Crippen LogP contribution is 2.46. The fourth-order valence-electron chi connectivity index (χ4n) is 4.80. The van der Waals surface area contributed by atoms with Gasteiger partial charge >= 0.3 is 0 Å². The van der Waals surface area contributed by atoms with E-state index in [9.17, 15) is 9.18 Å². The molecule has 2 atom stereocenters. The van der Waals surface area contributed by atoms with Gasteiger partial charge in [0.1, 0.15) is 11.6 Å². The second kappa shape index (κ2) is 9.03. The van der Waals surface area contributed by atoms with Gasteiger partial charge in [-0.25, -0.2) is 9.07 Å². The van der Waals surface area contributed by atoms with Crippen LogP contribution in [0.25, 0.3) is 0 Å². The van der Waals surface area contributed by atoms with Crippen molar-refractivity contribution in [1.82, 2.24) is 14.8 Å². The van der Waals surface area contributed by atoms with Crippen molar-refractivity contribution in [2.75, 3.05) is 19.5 Å². The highest BCUT2D eigenvalue weighted by atomic mass is 32.2. The molecule has 0 bridgehead atoms. The van der Waals surface area contributed by atoms with Gasteiger partial charge in [-0.3, -0.25) is 4.79 Å². The summed E-state index contributed by atoms with van der Waals surface area (Å²) in [5, 5.41) is 8.60. The largest absolute Gasteiger partial charge is 0.493 e. The molecule has 7 nitrogen and oxygen atoms in total. The third-order valence-corrected chi connectivity index (χ3v) is 7.26. The summed E-state index contributed by atoms with van der Waals surface area (Å²) in [5.74, 6) is 1.59. The first-order valence-corrected chi connectivity index (χ1v) is 12.4. The van der Waals surface area contributed by atoms with Crippen LogP contribution < -0.4 is 14.8 Å². The molecule has 0 spiro atoms. The molecule has 5 rings (SSSR count). The Labute approximate surface area is 207 Å². The number of halogens is 1. The second-order valence-electron chi connectivity index (χ2n) is 9.44. The zero-order valence-corrected chi connectivity index (χ0v) is 20.9. The minimum Gasteiger partial charge on any atom is -0.493 e. The number of methoxy groups -OCH3 is 2. The summed E-state index contributed by atoms with van der Waals surface area (Å²) in [6.07, 6.45) is 2.56. The van der Waals surface area contributed by atoms with Crippen LogP contribution in [0.1, 0.15) is 37.4 Å². The molecule has 3 aromatic rings. The predicted molar refractivity (Wildman–Crippen MR) is 132 cm³/mol. The smallest absolute Gasteiger partial charge is 0.227 e. The van der Waals surface area contributed by atoms with Crippen LogP contribution in [0.5, 0.6) is 11.5 Å². The van der Waals surface area contributed by atoms with E-state index in [1.807, 2.05) is 24.3 Å². The van der Waals surface area contributed by atoms with Crippen molar-refractivity contribution in [3.8, 4) is 11.5 Å². The number of carbonyl (C=O) groups excluding carboxylic acids is 1. The maximum absolute atomic E-state index is 14.1. The van der Waals surface area contributed by atoms with Crippen LogP contribution in [0.3, 0.4) is 0 Å². The molecule has 1 N–H and O–H groups in total. The van der Waals surface area contributed by atoms with Crippen molar-refractivity contribution in [2.24, 2.45) is 11.3 Å². The molecule has 0 saturated heterocycles. The molecular formula is C26H27FN4O3S. The van der Waals surface area contributed by atoms with Gasteiger partial charge < -0.3 is 14.8 Å². The first-order valence-electron chi connectivity index (χ1n) is 11.4. The number of benzene rings is 2. The average Bonchev–Trinajstić information content (AvgIpc) is 3.23. The van der Waals surface area contributed by atoms with Crippen LogP contribution >= 0.6 is 11.8 Å². The lowest BCUT2D eigenvalue weighted by Crippen LogP contribution is -2.42. The van der Waals surface area contributed by atoms with Crippen molar-refractivity contribution >= 4 is 23.5 Å². The topological polar surface area (TPSA) is 78.3 Å². The number of aromatic nitrogens is 3. The maximum atomic E-state index is 14.1. The maximum Gasteiger partial charge on any atom is 0.227 e. The lowest BCUT2D eigenvalue weighted by atomic mass is 9.72. The fourth-order valence-corrected chi connectivity index (χ4v) is 5.61. The number of nitrogens with zero attached hydrogens (tertiary/aromatic N) is 3. The Morgan fingerprint density at radius 2 is 1.94 bits per heavy atom. The van der Waals surface area contributed by atoms with E-state index in [2.05, 4.69) is 30.2 Å². The molecule has 9 heteroatoms. The second-order valence-corrected chi connectivity index (χ2v) is 10.4. The summed E-state index contributed by atoms with van der Waals surface area (Å²) in [6, 6.07) is 11.9. The Balaban J connectivity index is 1.57. The molecule has 2 heterocycles. The summed E-state index contributed by atoms with van der Waals surface area (Å²) in [6.45, 7) is 4.10.